The summed E-state index contributed by atoms with van der Waals surface area (Å²) < 4.78 is 45.2. The average molecular weight is 612 g/mol. The monoisotopic (exact) mass is 611 g/mol. The van der Waals surface area contributed by atoms with Crippen LogP contribution < -0.4 is 23.8 Å². The van der Waals surface area contributed by atoms with Crippen LogP contribution in [0.3, 0.4) is 0 Å². The van der Waals surface area contributed by atoms with Crippen LogP contribution in [0, 0.1) is 0 Å². The Morgan fingerprint density at radius 2 is 1.40 bits per heavy atom. The fourth-order valence-electron chi connectivity index (χ4n) is 4.51. The normalized spacial score (nSPS) is 12.5. The number of amides is 2. The van der Waals surface area contributed by atoms with Gasteiger partial charge in [0.05, 0.1) is 31.9 Å². The summed E-state index contributed by atoms with van der Waals surface area (Å²) in [6.07, 6.45) is 1.04. The maximum absolute atomic E-state index is 14.2. The molecule has 43 heavy (non-hydrogen) atoms. The van der Waals surface area contributed by atoms with Crippen LogP contribution in [0.1, 0.15) is 39.2 Å². The van der Waals surface area contributed by atoms with E-state index >= 15 is 0 Å². The molecule has 0 saturated heterocycles. The number of nitrogens with one attached hydrogen (secondary N) is 1. The molecule has 1 N–H and O–H groups in total. The molecule has 0 spiro atoms. The van der Waals surface area contributed by atoms with Crippen LogP contribution in [0.25, 0.3) is 0 Å². The minimum absolute atomic E-state index is 0.0322. The summed E-state index contributed by atoms with van der Waals surface area (Å²) in [7, 11) is 0.218. The number of carbonyl (C=O) groups excluding carboxylic acids is 2. The van der Waals surface area contributed by atoms with Gasteiger partial charge in [0.1, 0.15) is 29.8 Å². The molecule has 0 aliphatic heterocycles. The molecule has 0 aliphatic carbocycles. The molecule has 11 heteroatoms. The van der Waals surface area contributed by atoms with E-state index in [1.54, 1.807) is 43.5 Å². The van der Waals surface area contributed by atoms with Gasteiger partial charge in [0.2, 0.25) is 11.8 Å². The van der Waals surface area contributed by atoms with Gasteiger partial charge >= 0.3 is 0 Å². The van der Waals surface area contributed by atoms with Crippen molar-refractivity contribution in [1.29, 1.82) is 0 Å². The molecule has 0 radical (unpaired) electrons. The Kier molecular flexibility index (Phi) is 11.8. The number of benzene rings is 3. The number of nitrogens with zero attached hydrogens (tertiary/aromatic N) is 2. The molecular formula is C32H41N3O7S. The van der Waals surface area contributed by atoms with Gasteiger partial charge in [0, 0.05) is 12.6 Å². The summed E-state index contributed by atoms with van der Waals surface area (Å²) in [6.45, 7) is 5.18. The lowest BCUT2D eigenvalue weighted by atomic mass is 10.1. The minimum Gasteiger partial charge on any atom is -0.497 e. The number of anilines is 1. The minimum atomic E-state index is -4.26. The summed E-state index contributed by atoms with van der Waals surface area (Å²) in [6, 6.07) is 18.7. The Balaban J connectivity index is 2.09. The molecule has 0 aliphatic rings. The van der Waals surface area contributed by atoms with Gasteiger partial charge in [-0.15, -0.1) is 0 Å². The second kappa shape index (κ2) is 15.3. The summed E-state index contributed by atoms with van der Waals surface area (Å²) in [5.74, 6) is 0.555. The van der Waals surface area contributed by atoms with E-state index in [1.165, 1.54) is 43.4 Å². The van der Waals surface area contributed by atoms with E-state index < -0.39 is 28.5 Å². The molecule has 2 unspecified atom stereocenters. The lowest BCUT2D eigenvalue weighted by molar-refractivity contribution is -0.140. The molecule has 3 rings (SSSR count). The predicted molar refractivity (Wildman–Crippen MR) is 166 cm³/mol. The average Bonchev–Trinajstić information content (AvgIpc) is 3.03. The third kappa shape index (κ3) is 8.19. The predicted octanol–water partition coefficient (Wildman–Crippen LogP) is 4.63. The van der Waals surface area contributed by atoms with Crippen molar-refractivity contribution >= 4 is 27.5 Å². The summed E-state index contributed by atoms with van der Waals surface area (Å²) in [4.78, 5) is 29.1. The molecule has 2 atom stereocenters. The first-order chi connectivity index (χ1) is 20.6. The number of ether oxygens (including phenoxy) is 3. The zero-order chi connectivity index (χ0) is 31.6. The molecule has 0 aromatic heterocycles. The number of rotatable bonds is 15. The van der Waals surface area contributed by atoms with Crippen LogP contribution in [0.15, 0.2) is 77.7 Å². The number of hydrogen-bond donors (Lipinski definition) is 1. The second-order valence-electron chi connectivity index (χ2n) is 9.97. The standard InChI is InChI=1S/C32H41N3O7S/c1-7-23(3)33-32(37)28(8-2)34(21-24-13-15-25(40-4)16-14-24)31(36)22-35(29-11-9-10-12-30(29)42-6)43(38,39)27-19-17-26(41-5)18-20-27/h9-20,23,28H,7-8,21-22H2,1-6H3,(H,33,37). The third-order valence-electron chi connectivity index (χ3n) is 7.18. The molecule has 0 saturated carbocycles. The van der Waals surface area contributed by atoms with E-state index in [1.807, 2.05) is 32.9 Å². The van der Waals surface area contributed by atoms with E-state index in [4.69, 9.17) is 14.2 Å². The molecule has 3 aromatic rings. The van der Waals surface area contributed by atoms with Gasteiger partial charge in [-0.2, -0.15) is 0 Å². The first kappa shape index (κ1) is 33.3. The molecule has 10 nitrogen and oxygen atoms in total. The lowest BCUT2D eigenvalue weighted by Crippen LogP contribution is -2.53. The molecule has 2 amide bonds. The SMILES string of the molecule is CCC(C)NC(=O)C(CC)N(Cc1ccc(OC)cc1)C(=O)CN(c1ccccc1OC)S(=O)(=O)c1ccc(OC)cc1. The van der Waals surface area contributed by atoms with Crippen LogP contribution in [-0.4, -0.2) is 65.1 Å². The van der Waals surface area contributed by atoms with Gasteiger partial charge < -0.3 is 24.4 Å². The molecule has 3 aromatic carbocycles. The summed E-state index contributed by atoms with van der Waals surface area (Å²) in [5.41, 5.74) is 0.946. The zero-order valence-corrected chi connectivity index (χ0v) is 26.4. The highest BCUT2D eigenvalue weighted by atomic mass is 32.2. The highest BCUT2D eigenvalue weighted by molar-refractivity contribution is 7.92. The number of methoxy groups -OCH3 is 3. The molecule has 0 heterocycles. The smallest absolute Gasteiger partial charge is 0.264 e. The third-order valence-corrected chi connectivity index (χ3v) is 8.95. The van der Waals surface area contributed by atoms with Crippen molar-refractivity contribution in [3.63, 3.8) is 0 Å². The molecular weight excluding hydrogens is 570 g/mol. The van der Waals surface area contributed by atoms with Gasteiger partial charge in [0.25, 0.3) is 10.0 Å². The van der Waals surface area contributed by atoms with E-state index in [9.17, 15) is 18.0 Å². The quantitative estimate of drug-likeness (QED) is 0.267. The van der Waals surface area contributed by atoms with Gasteiger partial charge in [-0.1, -0.05) is 38.1 Å². The first-order valence-corrected chi connectivity index (χ1v) is 15.6. The van der Waals surface area contributed by atoms with Crippen LogP contribution in [-0.2, 0) is 26.2 Å². The van der Waals surface area contributed by atoms with Gasteiger partial charge in [-0.3, -0.25) is 13.9 Å². The second-order valence-corrected chi connectivity index (χ2v) is 11.8. The van der Waals surface area contributed by atoms with Crippen molar-refractivity contribution in [3.05, 3.63) is 78.4 Å². The van der Waals surface area contributed by atoms with Crippen molar-refractivity contribution in [1.82, 2.24) is 10.2 Å². The summed E-state index contributed by atoms with van der Waals surface area (Å²) >= 11 is 0. The Labute approximate surface area is 254 Å². The van der Waals surface area contributed by atoms with Crippen LogP contribution in [0.4, 0.5) is 5.69 Å². The Morgan fingerprint density at radius 1 is 0.814 bits per heavy atom. The van der Waals surface area contributed by atoms with Gasteiger partial charge in [-0.25, -0.2) is 8.42 Å². The zero-order valence-electron chi connectivity index (χ0n) is 25.6. The Hall–Kier alpha value is -4.25. The largest absolute Gasteiger partial charge is 0.497 e. The van der Waals surface area contributed by atoms with Crippen LogP contribution in [0.2, 0.25) is 0 Å². The number of hydrogen-bond acceptors (Lipinski definition) is 7. The molecule has 232 valence electrons. The van der Waals surface area contributed by atoms with Gasteiger partial charge in [0.15, 0.2) is 0 Å². The van der Waals surface area contributed by atoms with E-state index in [-0.39, 0.29) is 34.8 Å². The maximum atomic E-state index is 14.2. The van der Waals surface area contributed by atoms with Crippen molar-refractivity contribution in [2.75, 3.05) is 32.2 Å². The number of sulfonamides is 1. The van der Waals surface area contributed by atoms with Crippen molar-refractivity contribution < 1.29 is 32.2 Å². The van der Waals surface area contributed by atoms with Crippen molar-refractivity contribution in [3.8, 4) is 17.2 Å². The summed E-state index contributed by atoms with van der Waals surface area (Å²) in [5, 5.41) is 2.97. The highest BCUT2D eigenvalue weighted by Gasteiger charge is 2.35. The fraction of sp³-hybridized carbons (Fsp3) is 0.375. The fourth-order valence-corrected chi connectivity index (χ4v) is 5.94. The van der Waals surface area contributed by atoms with Crippen molar-refractivity contribution in [2.45, 2.75) is 57.1 Å². The Morgan fingerprint density at radius 3 is 1.93 bits per heavy atom. The van der Waals surface area contributed by atoms with E-state index in [0.717, 1.165) is 16.3 Å². The van der Waals surface area contributed by atoms with E-state index in [0.29, 0.717) is 17.9 Å². The number of carbonyl (C=O) groups is 2. The van der Waals surface area contributed by atoms with Crippen LogP contribution in [0.5, 0.6) is 17.2 Å². The molecule has 0 fully saturated rings. The van der Waals surface area contributed by atoms with Crippen LogP contribution >= 0.6 is 0 Å². The van der Waals surface area contributed by atoms with E-state index in [2.05, 4.69) is 5.32 Å². The topological polar surface area (TPSA) is 114 Å². The van der Waals surface area contributed by atoms with Crippen molar-refractivity contribution in [2.24, 2.45) is 0 Å². The lowest BCUT2D eigenvalue weighted by Gasteiger charge is -2.34. The Bertz CT molecular complexity index is 1460. The first-order valence-electron chi connectivity index (χ1n) is 14.1. The highest BCUT2D eigenvalue weighted by Crippen LogP contribution is 2.33. The van der Waals surface area contributed by atoms with Gasteiger partial charge in [-0.05, 0) is 73.9 Å². The molecule has 0 bridgehead atoms. The number of para-hydroxylation sites is 2. The maximum Gasteiger partial charge on any atom is 0.264 e.